The summed E-state index contributed by atoms with van der Waals surface area (Å²) in [6.07, 6.45) is 2.08. The van der Waals surface area contributed by atoms with Crippen LogP contribution in [-0.4, -0.2) is 51.0 Å². The third kappa shape index (κ3) is 7.07. The Labute approximate surface area is 218 Å². The highest BCUT2D eigenvalue weighted by atomic mass is 32.2. The van der Waals surface area contributed by atoms with Crippen LogP contribution in [0.2, 0.25) is 0 Å². The van der Waals surface area contributed by atoms with E-state index in [0.717, 1.165) is 16.5 Å². The number of tetrazole rings is 1. The summed E-state index contributed by atoms with van der Waals surface area (Å²) in [7, 11) is 0. The predicted octanol–water partition coefficient (Wildman–Crippen LogP) is 2.26. The maximum absolute atomic E-state index is 12.6. The third-order valence-electron chi connectivity index (χ3n) is 5.57. The molecule has 2 aromatic carbocycles. The molecule has 0 saturated heterocycles. The molecule has 1 unspecified atom stereocenters. The minimum Gasteiger partial charge on any atom is -0.755 e. The number of carbonyl (C=O) groups excluding carboxylic acids is 1. The summed E-state index contributed by atoms with van der Waals surface area (Å²) in [4.78, 5) is 14.0. The number of carbonyl (C=O) groups is 1. The van der Waals surface area contributed by atoms with Gasteiger partial charge < -0.3 is 20.3 Å². The highest BCUT2D eigenvalue weighted by Gasteiger charge is 2.27. The first kappa shape index (κ1) is 28.1. The van der Waals surface area contributed by atoms with Crippen molar-refractivity contribution < 1.29 is 18.3 Å². The molecule has 0 aliphatic rings. The third-order valence-corrected chi connectivity index (χ3v) is 6.19. The van der Waals surface area contributed by atoms with E-state index < -0.39 is 22.8 Å². The van der Waals surface area contributed by atoms with E-state index in [0.29, 0.717) is 30.9 Å². The van der Waals surface area contributed by atoms with Crippen LogP contribution in [0.3, 0.4) is 0 Å². The van der Waals surface area contributed by atoms with E-state index in [2.05, 4.69) is 20.7 Å². The fraction of sp³-hybridized carbons (Fsp3) is 0.360. The van der Waals surface area contributed by atoms with E-state index in [1.54, 1.807) is 32.2 Å². The minimum atomic E-state index is -2.41. The van der Waals surface area contributed by atoms with Crippen molar-refractivity contribution in [2.24, 2.45) is 5.73 Å². The fourth-order valence-corrected chi connectivity index (χ4v) is 4.18. The molecular weight excluding hydrogens is 494 g/mol. The van der Waals surface area contributed by atoms with Crippen LogP contribution in [-0.2, 0) is 40.4 Å². The summed E-state index contributed by atoms with van der Waals surface area (Å²) >= 11 is -2.41. The Hall–Kier alpha value is -3.45. The number of hydrogen-bond donors (Lipinski definition) is 2. The molecule has 3 N–H and O–H groups in total. The molecule has 198 valence electrons. The number of benzene rings is 2. The van der Waals surface area contributed by atoms with Gasteiger partial charge in [-0.25, -0.2) is 0 Å². The zero-order valence-corrected chi connectivity index (χ0v) is 20.9. The lowest BCUT2D eigenvalue weighted by Crippen LogP contribution is -2.50. The lowest BCUT2D eigenvalue weighted by atomic mass is 10.1. The second kappa shape index (κ2) is 12.2. The number of rotatable bonds is 11. The van der Waals surface area contributed by atoms with Crippen molar-refractivity contribution in [2.45, 2.75) is 52.4 Å². The standard InChI is InChI=1S/C24H29N7O4S.CH4/c1-24(2,25)23(32)26-20(16-35-15-17-8-4-3-5-9-17)22-27-29-31(28-22)13-12-18-14-30(36(33)34)21-11-7-6-10-19(18)21;/h3-11,14,20H,12-13,15-16,25H2,1-2H3,(H,26,32)(H,33,34);1H4/p-1/t20-;/m1./s1. The monoisotopic (exact) mass is 526 g/mol. The van der Waals surface area contributed by atoms with Crippen LogP contribution >= 0.6 is 0 Å². The number of nitrogens with two attached hydrogens (primary N) is 1. The maximum Gasteiger partial charge on any atom is 0.240 e. The Morgan fingerprint density at radius 3 is 2.59 bits per heavy atom. The van der Waals surface area contributed by atoms with Gasteiger partial charge in [0, 0.05) is 11.6 Å². The fourth-order valence-electron chi connectivity index (χ4n) is 3.64. The number of nitrogens with zero attached hydrogens (tertiary/aromatic N) is 5. The molecular formula is C25H32N7O4S-. The topological polar surface area (TPSA) is 153 Å². The van der Waals surface area contributed by atoms with Crippen molar-refractivity contribution in [3.63, 3.8) is 0 Å². The van der Waals surface area contributed by atoms with E-state index in [1.165, 1.54) is 8.77 Å². The van der Waals surface area contributed by atoms with Crippen LogP contribution in [0.4, 0.5) is 0 Å². The zero-order chi connectivity index (χ0) is 25.7. The molecule has 1 amide bonds. The van der Waals surface area contributed by atoms with Gasteiger partial charge in [-0.3, -0.25) is 13.0 Å². The Morgan fingerprint density at radius 1 is 1.19 bits per heavy atom. The molecule has 37 heavy (non-hydrogen) atoms. The van der Waals surface area contributed by atoms with Gasteiger partial charge in [0.25, 0.3) is 0 Å². The Kier molecular flexibility index (Phi) is 9.27. The number of ether oxygens (including phenoxy) is 1. The summed E-state index contributed by atoms with van der Waals surface area (Å²) < 4.78 is 30.2. The molecule has 11 nitrogen and oxygen atoms in total. The van der Waals surface area contributed by atoms with E-state index in [4.69, 9.17) is 10.5 Å². The van der Waals surface area contributed by atoms with Crippen LogP contribution in [0.15, 0.2) is 60.8 Å². The number of para-hydroxylation sites is 1. The van der Waals surface area contributed by atoms with Gasteiger partial charge in [0.15, 0.2) is 5.82 Å². The molecule has 0 bridgehead atoms. The van der Waals surface area contributed by atoms with Crippen molar-refractivity contribution in [1.82, 2.24) is 29.5 Å². The van der Waals surface area contributed by atoms with Crippen LogP contribution < -0.4 is 11.1 Å². The lowest BCUT2D eigenvalue weighted by Gasteiger charge is -2.22. The molecule has 2 heterocycles. The number of aryl methyl sites for hydroxylation is 2. The average Bonchev–Trinajstić information content (AvgIpc) is 3.47. The molecule has 12 heteroatoms. The van der Waals surface area contributed by atoms with E-state index in [9.17, 15) is 13.6 Å². The molecule has 0 aliphatic heterocycles. The van der Waals surface area contributed by atoms with Crippen molar-refractivity contribution in [3.8, 4) is 0 Å². The van der Waals surface area contributed by atoms with Crippen LogP contribution in [0.5, 0.6) is 0 Å². The van der Waals surface area contributed by atoms with E-state index in [-0.39, 0.29) is 19.9 Å². The summed E-state index contributed by atoms with van der Waals surface area (Å²) in [6, 6.07) is 16.3. The van der Waals surface area contributed by atoms with Crippen molar-refractivity contribution in [2.75, 3.05) is 6.61 Å². The number of fused-ring (bicyclic) bond motifs is 1. The van der Waals surface area contributed by atoms with Crippen LogP contribution in [0.25, 0.3) is 10.9 Å². The molecule has 2 atom stereocenters. The first-order valence-electron chi connectivity index (χ1n) is 11.4. The summed E-state index contributed by atoms with van der Waals surface area (Å²) in [6.45, 7) is 4.07. The maximum atomic E-state index is 12.6. The van der Waals surface area contributed by atoms with Gasteiger partial charge in [-0.15, -0.1) is 10.2 Å². The molecule has 0 fully saturated rings. The molecule has 0 aliphatic carbocycles. The summed E-state index contributed by atoms with van der Waals surface area (Å²) in [5.41, 5.74) is 7.30. The number of nitrogens with one attached hydrogen (secondary N) is 1. The molecule has 4 rings (SSSR count). The van der Waals surface area contributed by atoms with E-state index in [1.807, 2.05) is 42.5 Å². The molecule has 2 aromatic heterocycles. The molecule has 0 saturated carbocycles. The van der Waals surface area contributed by atoms with Gasteiger partial charge in [0.2, 0.25) is 5.91 Å². The highest BCUT2D eigenvalue weighted by Crippen LogP contribution is 2.22. The Balaban J connectivity index is 0.00000380. The van der Waals surface area contributed by atoms with Gasteiger partial charge in [-0.2, -0.15) is 4.80 Å². The first-order chi connectivity index (χ1) is 17.2. The largest absolute Gasteiger partial charge is 0.755 e. The summed E-state index contributed by atoms with van der Waals surface area (Å²) in [5.74, 6) is -0.0747. The van der Waals surface area contributed by atoms with Crippen LogP contribution in [0, 0.1) is 0 Å². The lowest BCUT2D eigenvalue weighted by molar-refractivity contribution is -0.126. The number of amides is 1. The highest BCUT2D eigenvalue weighted by molar-refractivity contribution is 7.77. The van der Waals surface area contributed by atoms with Gasteiger partial charge in [0.1, 0.15) is 6.04 Å². The van der Waals surface area contributed by atoms with Gasteiger partial charge in [0.05, 0.1) is 42.1 Å². The second-order valence-corrected chi connectivity index (χ2v) is 9.78. The molecule has 4 aromatic rings. The summed E-state index contributed by atoms with van der Waals surface area (Å²) in [5, 5.41) is 16.4. The van der Waals surface area contributed by atoms with E-state index >= 15 is 0 Å². The number of aromatic nitrogens is 5. The van der Waals surface area contributed by atoms with Gasteiger partial charge >= 0.3 is 0 Å². The zero-order valence-electron chi connectivity index (χ0n) is 20.0. The Morgan fingerprint density at radius 2 is 1.89 bits per heavy atom. The van der Waals surface area contributed by atoms with Gasteiger partial charge in [-0.1, -0.05) is 56.0 Å². The predicted molar refractivity (Wildman–Crippen MR) is 140 cm³/mol. The Bertz CT molecular complexity index is 1350. The SMILES string of the molecule is C.CC(C)(N)C(=O)N[C@H](COCc1ccccc1)c1nnn(CCc2cn(S(=O)[O-])c3ccccc23)n1. The average molecular weight is 527 g/mol. The minimum absolute atomic E-state index is 0. The van der Waals surface area contributed by atoms with Gasteiger partial charge in [-0.05, 0) is 42.7 Å². The van der Waals surface area contributed by atoms with Crippen molar-refractivity contribution in [1.29, 1.82) is 0 Å². The van der Waals surface area contributed by atoms with Crippen molar-refractivity contribution in [3.05, 3.63) is 77.7 Å². The number of hydrogen-bond acceptors (Lipinski definition) is 8. The van der Waals surface area contributed by atoms with Crippen molar-refractivity contribution >= 4 is 28.1 Å². The second-order valence-electron chi connectivity index (χ2n) is 8.96. The molecule has 0 radical (unpaired) electrons. The first-order valence-corrected chi connectivity index (χ1v) is 12.4. The normalized spacial score (nSPS) is 13.2. The van der Waals surface area contributed by atoms with Crippen LogP contribution in [0.1, 0.15) is 44.3 Å². The smallest absolute Gasteiger partial charge is 0.240 e. The molecule has 0 spiro atoms. The quantitative estimate of drug-likeness (QED) is 0.282.